The van der Waals surface area contributed by atoms with Crippen molar-refractivity contribution in [2.45, 2.75) is 18.4 Å². The molecule has 0 unspecified atom stereocenters. The van der Waals surface area contributed by atoms with Crippen molar-refractivity contribution in [3.8, 4) is 5.75 Å². The fourth-order valence-electron chi connectivity index (χ4n) is 3.96. The number of nitrogens with one attached hydrogen (secondary N) is 1. The lowest BCUT2D eigenvalue weighted by molar-refractivity contribution is -0.385. The van der Waals surface area contributed by atoms with Crippen LogP contribution in [0, 0.1) is 17.0 Å². The third kappa shape index (κ3) is 6.89. The summed E-state index contributed by atoms with van der Waals surface area (Å²) in [5, 5.41) is 15.5. The number of halogens is 1. The van der Waals surface area contributed by atoms with Crippen molar-refractivity contribution in [3.05, 3.63) is 128 Å². The van der Waals surface area contributed by atoms with E-state index in [0.29, 0.717) is 21.8 Å². The molecule has 4 rings (SSSR count). The van der Waals surface area contributed by atoms with E-state index >= 15 is 0 Å². The quantitative estimate of drug-likeness (QED) is 0.142. The summed E-state index contributed by atoms with van der Waals surface area (Å²) in [6, 6.07) is 23.8. The van der Waals surface area contributed by atoms with E-state index in [2.05, 4.69) is 10.5 Å². The molecule has 1 N–H and O–H groups in total. The number of nitrogens with zero attached hydrogens (tertiary/aromatic N) is 3. The second-order valence-corrected chi connectivity index (χ2v) is 11.1. The zero-order chi connectivity index (χ0) is 29.6. The zero-order valence-corrected chi connectivity index (χ0v) is 23.6. The molecule has 0 atom stereocenters. The highest BCUT2D eigenvalue weighted by molar-refractivity contribution is 7.92. The van der Waals surface area contributed by atoms with Gasteiger partial charge in [-0.2, -0.15) is 5.10 Å². The molecule has 4 aromatic rings. The van der Waals surface area contributed by atoms with Crippen LogP contribution in [-0.2, 0) is 16.6 Å². The summed E-state index contributed by atoms with van der Waals surface area (Å²) in [5.41, 5.74) is 4.63. The topological polar surface area (TPSA) is 131 Å². The Morgan fingerprint density at radius 2 is 1.76 bits per heavy atom. The maximum Gasteiger partial charge on any atom is 0.311 e. The molecule has 0 saturated carbocycles. The molecule has 0 spiro atoms. The molecule has 1 amide bonds. The Kier molecular flexibility index (Phi) is 9.00. The van der Waals surface area contributed by atoms with E-state index in [-0.39, 0.29) is 28.4 Å². The Bertz CT molecular complexity index is 1710. The number of benzene rings is 4. The van der Waals surface area contributed by atoms with E-state index in [9.17, 15) is 23.3 Å². The van der Waals surface area contributed by atoms with Gasteiger partial charge < -0.3 is 4.74 Å². The van der Waals surface area contributed by atoms with E-state index in [0.717, 1.165) is 5.56 Å². The lowest BCUT2D eigenvalue weighted by Crippen LogP contribution is -2.31. The van der Waals surface area contributed by atoms with Crippen molar-refractivity contribution in [2.24, 2.45) is 5.10 Å². The SMILES string of the molecule is COc1ccc(/C=N\NC(=O)c2ccc(CN(c3cc(Cl)ccc3C)S(=O)(=O)c3ccccc3)cc2)cc1[N+](=O)[O-]. The predicted octanol–water partition coefficient (Wildman–Crippen LogP) is 5.72. The average molecular weight is 593 g/mol. The van der Waals surface area contributed by atoms with Crippen LogP contribution in [0.25, 0.3) is 0 Å². The Hall–Kier alpha value is -4.74. The second kappa shape index (κ2) is 12.6. The maximum absolute atomic E-state index is 13.7. The highest BCUT2D eigenvalue weighted by Crippen LogP contribution is 2.31. The molecule has 0 aliphatic rings. The van der Waals surface area contributed by atoms with Crippen LogP contribution in [0.1, 0.15) is 27.0 Å². The number of hydrogen-bond acceptors (Lipinski definition) is 7. The van der Waals surface area contributed by atoms with Crippen molar-refractivity contribution in [2.75, 3.05) is 11.4 Å². The van der Waals surface area contributed by atoms with E-state index in [1.165, 1.54) is 41.9 Å². The molecule has 0 saturated heterocycles. The number of hydrazone groups is 1. The maximum atomic E-state index is 13.7. The molecule has 4 aromatic carbocycles. The second-order valence-electron chi connectivity index (χ2n) is 8.84. The van der Waals surface area contributed by atoms with Gasteiger partial charge in [-0.05, 0) is 66.6 Å². The minimum atomic E-state index is -3.94. The molecule has 0 aromatic heterocycles. The van der Waals surface area contributed by atoms with Crippen LogP contribution >= 0.6 is 11.6 Å². The van der Waals surface area contributed by atoms with Gasteiger partial charge in [-0.3, -0.25) is 19.2 Å². The van der Waals surface area contributed by atoms with Gasteiger partial charge in [0.2, 0.25) is 0 Å². The number of aryl methyl sites for hydroxylation is 1. The first-order valence-electron chi connectivity index (χ1n) is 12.2. The largest absolute Gasteiger partial charge is 0.490 e. The Morgan fingerprint density at radius 1 is 1.05 bits per heavy atom. The number of amides is 1. The summed E-state index contributed by atoms with van der Waals surface area (Å²) in [4.78, 5) is 23.4. The monoisotopic (exact) mass is 592 g/mol. The molecule has 10 nitrogen and oxygen atoms in total. The van der Waals surface area contributed by atoms with Crippen molar-refractivity contribution >= 4 is 45.1 Å². The van der Waals surface area contributed by atoms with Crippen molar-refractivity contribution in [1.82, 2.24) is 5.43 Å². The van der Waals surface area contributed by atoms with E-state index < -0.39 is 20.9 Å². The molecule has 0 bridgehead atoms. The zero-order valence-electron chi connectivity index (χ0n) is 22.0. The van der Waals surface area contributed by atoms with Gasteiger partial charge >= 0.3 is 5.69 Å². The van der Waals surface area contributed by atoms with Crippen molar-refractivity contribution in [1.29, 1.82) is 0 Å². The van der Waals surface area contributed by atoms with Crippen molar-refractivity contribution in [3.63, 3.8) is 0 Å². The number of nitro benzene ring substituents is 1. The number of carbonyl (C=O) groups is 1. The third-order valence-corrected chi connectivity index (χ3v) is 8.10. The number of hydrogen-bond donors (Lipinski definition) is 1. The Balaban J connectivity index is 1.53. The van der Waals surface area contributed by atoms with Crippen LogP contribution < -0.4 is 14.5 Å². The summed E-state index contributed by atoms with van der Waals surface area (Å²) in [5.74, 6) is -0.410. The van der Waals surface area contributed by atoms with Gasteiger partial charge in [0.25, 0.3) is 15.9 Å². The van der Waals surface area contributed by atoms with Gasteiger partial charge in [0.15, 0.2) is 5.75 Å². The van der Waals surface area contributed by atoms with Crippen LogP contribution in [0.4, 0.5) is 11.4 Å². The standard InChI is InChI=1S/C29H25ClN4O6S/c1-20-8-14-24(30)17-26(20)33(41(38,39)25-6-4-3-5-7-25)19-21-9-12-23(13-10-21)29(35)32-31-18-22-11-15-28(40-2)27(16-22)34(36)37/h3-18H,19H2,1-2H3,(H,32,35)/b31-18-. The van der Waals surface area contributed by atoms with Crippen LogP contribution in [-0.4, -0.2) is 32.6 Å². The number of sulfonamides is 1. The van der Waals surface area contributed by atoms with Gasteiger partial charge in [0.1, 0.15) is 0 Å². The molecule has 0 heterocycles. The smallest absolute Gasteiger partial charge is 0.311 e. The minimum Gasteiger partial charge on any atom is -0.490 e. The first-order valence-corrected chi connectivity index (χ1v) is 14.0. The number of rotatable bonds is 10. The number of carbonyl (C=O) groups excluding carboxylic acids is 1. The van der Waals surface area contributed by atoms with Gasteiger partial charge in [-0.25, -0.2) is 13.8 Å². The average Bonchev–Trinajstić information content (AvgIpc) is 2.97. The number of anilines is 1. The number of nitro groups is 1. The molecular formula is C29H25ClN4O6S. The molecule has 0 aliphatic heterocycles. The van der Waals surface area contributed by atoms with E-state index in [1.807, 2.05) is 0 Å². The normalized spacial score (nSPS) is 11.3. The summed E-state index contributed by atoms with van der Waals surface area (Å²) >= 11 is 6.22. The fourth-order valence-corrected chi connectivity index (χ4v) is 5.65. The van der Waals surface area contributed by atoms with Crippen LogP contribution in [0.2, 0.25) is 5.02 Å². The minimum absolute atomic E-state index is 0.00525. The van der Waals surface area contributed by atoms with Gasteiger partial charge in [-0.15, -0.1) is 0 Å². The van der Waals surface area contributed by atoms with Crippen LogP contribution in [0.3, 0.4) is 0 Å². The molecule has 12 heteroatoms. The first-order chi connectivity index (χ1) is 19.6. The molecular weight excluding hydrogens is 568 g/mol. The highest BCUT2D eigenvalue weighted by Gasteiger charge is 2.26. The summed E-state index contributed by atoms with van der Waals surface area (Å²) in [6.07, 6.45) is 1.28. The van der Waals surface area contributed by atoms with Gasteiger partial charge in [-0.1, -0.05) is 48.0 Å². The van der Waals surface area contributed by atoms with E-state index in [1.54, 1.807) is 73.7 Å². The molecule has 0 radical (unpaired) electrons. The summed E-state index contributed by atoms with van der Waals surface area (Å²) in [7, 11) is -2.61. The lowest BCUT2D eigenvalue weighted by Gasteiger charge is -2.26. The molecule has 41 heavy (non-hydrogen) atoms. The third-order valence-electron chi connectivity index (χ3n) is 6.09. The lowest BCUT2D eigenvalue weighted by atomic mass is 10.1. The van der Waals surface area contributed by atoms with E-state index in [4.69, 9.17) is 16.3 Å². The van der Waals surface area contributed by atoms with Gasteiger partial charge in [0, 0.05) is 22.2 Å². The Morgan fingerprint density at radius 3 is 2.41 bits per heavy atom. The Labute approximate surface area is 242 Å². The number of methoxy groups -OCH3 is 1. The summed E-state index contributed by atoms with van der Waals surface area (Å²) < 4.78 is 33.6. The van der Waals surface area contributed by atoms with Crippen LogP contribution in [0.15, 0.2) is 101 Å². The molecule has 0 fully saturated rings. The highest BCUT2D eigenvalue weighted by atomic mass is 35.5. The predicted molar refractivity (Wildman–Crippen MR) is 157 cm³/mol. The molecule has 0 aliphatic carbocycles. The summed E-state index contributed by atoms with van der Waals surface area (Å²) in [6.45, 7) is 1.80. The van der Waals surface area contributed by atoms with Crippen molar-refractivity contribution < 1.29 is 22.9 Å². The molecule has 210 valence electrons. The van der Waals surface area contributed by atoms with Gasteiger partial charge in [0.05, 0.1) is 35.4 Å². The number of ether oxygens (including phenoxy) is 1. The first kappa shape index (κ1) is 29.2. The fraction of sp³-hybridized carbons (Fsp3) is 0.103. The van der Waals surface area contributed by atoms with Crippen LogP contribution in [0.5, 0.6) is 5.75 Å².